The predicted octanol–water partition coefficient (Wildman–Crippen LogP) is 1.99. The molecule has 4 atom stereocenters. The fourth-order valence-electron chi connectivity index (χ4n) is 4.40. The standard InChI is InChI=1S/C21H20N2O5/c1-11-7-3-5-9-13(11)23-18(25)15-16(19(23)26)21(2,20(27)28)22-17(15)12-8-4-6-10-14(12)24/h3-10,15-17,22,24H,1-2H3,(H,27,28). The van der Waals surface area contributed by atoms with Crippen molar-refractivity contribution in [1.29, 1.82) is 0 Å². The largest absolute Gasteiger partial charge is 0.508 e. The molecule has 2 aliphatic heterocycles. The summed E-state index contributed by atoms with van der Waals surface area (Å²) >= 11 is 0. The Morgan fingerprint density at radius 3 is 2.36 bits per heavy atom. The fraction of sp³-hybridized carbons (Fsp3) is 0.286. The maximum absolute atomic E-state index is 13.3. The van der Waals surface area contributed by atoms with Crippen LogP contribution in [0.3, 0.4) is 0 Å². The molecular weight excluding hydrogens is 360 g/mol. The molecule has 7 nitrogen and oxygen atoms in total. The molecule has 2 aromatic carbocycles. The number of carboxylic acids is 1. The number of hydrogen-bond donors (Lipinski definition) is 3. The van der Waals surface area contributed by atoms with Crippen molar-refractivity contribution < 1.29 is 24.6 Å². The number of imide groups is 1. The summed E-state index contributed by atoms with van der Waals surface area (Å²) in [5, 5.41) is 23.1. The van der Waals surface area contributed by atoms with E-state index in [-0.39, 0.29) is 5.75 Å². The van der Waals surface area contributed by atoms with Crippen molar-refractivity contribution >= 4 is 23.5 Å². The molecule has 4 rings (SSSR count). The summed E-state index contributed by atoms with van der Waals surface area (Å²) in [5.41, 5.74) is -0.0406. The van der Waals surface area contributed by atoms with Crippen LogP contribution in [-0.4, -0.2) is 33.5 Å². The summed E-state index contributed by atoms with van der Waals surface area (Å²) in [6, 6.07) is 12.6. The van der Waals surface area contributed by atoms with Crippen LogP contribution in [0.25, 0.3) is 0 Å². The van der Waals surface area contributed by atoms with Crippen molar-refractivity contribution in [3.63, 3.8) is 0 Å². The zero-order valence-corrected chi connectivity index (χ0v) is 15.4. The van der Waals surface area contributed by atoms with Crippen LogP contribution in [0, 0.1) is 18.8 Å². The number of nitrogens with zero attached hydrogens (tertiary/aromatic N) is 1. The van der Waals surface area contributed by atoms with Gasteiger partial charge in [0, 0.05) is 11.6 Å². The molecule has 0 bridgehead atoms. The average molecular weight is 380 g/mol. The van der Waals surface area contributed by atoms with E-state index in [2.05, 4.69) is 5.32 Å². The minimum absolute atomic E-state index is 0.0528. The van der Waals surface area contributed by atoms with Crippen molar-refractivity contribution in [2.75, 3.05) is 4.90 Å². The molecule has 28 heavy (non-hydrogen) atoms. The third-order valence-electron chi connectivity index (χ3n) is 5.86. The lowest BCUT2D eigenvalue weighted by Crippen LogP contribution is -2.53. The maximum Gasteiger partial charge on any atom is 0.324 e. The average Bonchev–Trinajstić information content (AvgIpc) is 3.11. The van der Waals surface area contributed by atoms with Crippen LogP contribution < -0.4 is 10.2 Å². The van der Waals surface area contributed by atoms with E-state index in [0.29, 0.717) is 11.3 Å². The van der Waals surface area contributed by atoms with Crippen molar-refractivity contribution in [3.8, 4) is 5.75 Å². The molecular formula is C21H20N2O5. The van der Waals surface area contributed by atoms with Gasteiger partial charge in [0.1, 0.15) is 11.3 Å². The van der Waals surface area contributed by atoms with E-state index in [9.17, 15) is 24.6 Å². The summed E-state index contributed by atoms with van der Waals surface area (Å²) in [4.78, 5) is 39.8. The number of carbonyl (C=O) groups excluding carboxylic acids is 2. The molecule has 7 heteroatoms. The number of phenols is 1. The summed E-state index contributed by atoms with van der Waals surface area (Å²) < 4.78 is 0. The number of para-hydroxylation sites is 2. The van der Waals surface area contributed by atoms with E-state index < -0.39 is 41.2 Å². The maximum atomic E-state index is 13.3. The Kier molecular flexibility index (Phi) is 4.01. The van der Waals surface area contributed by atoms with Crippen molar-refractivity contribution in [1.82, 2.24) is 5.32 Å². The first-order chi connectivity index (χ1) is 13.3. The van der Waals surface area contributed by atoms with Crippen molar-refractivity contribution in [3.05, 3.63) is 59.7 Å². The monoisotopic (exact) mass is 380 g/mol. The number of anilines is 1. The highest BCUT2D eigenvalue weighted by atomic mass is 16.4. The highest BCUT2D eigenvalue weighted by molar-refractivity contribution is 6.24. The van der Waals surface area contributed by atoms with E-state index in [0.717, 1.165) is 10.5 Å². The van der Waals surface area contributed by atoms with Crippen molar-refractivity contribution in [2.45, 2.75) is 25.4 Å². The first-order valence-corrected chi connectivity index (χ1v) is 9.00. The number of aliphatic carboxylic acids is 1. The summed E-state index contributed by atoms with van der Waals surface area (Å²) in [6.07, 6.45) is 0. The zero-order chi connectivity index (χ0) is 20.2. The van der Waals surface area contributed by atoms with Gasteiger partial charge in [0.25, 0.3) is 0 Å². The van der Waals surface area contributed by atoms with Crippen LogP contribution in [0.2, 0.25) is 0 Å². The lowest BCUT2D eigenvalue weighted by atomic mass is 9.80. The molecule has 0 aromatic heterocycles. The molecule has 0 radical (unpaired) electrons. The number of benzene rings is 2. The van der Waals surface area contributed by atoms with E-state index in [1.807, 2.05) is 0 Å². The molecule has 2 aliphatic rings. The van der Waals surface area contributed by atoms with Gasteiger partial charge < -0.3 is 10.2 Å². The molecule has 2 amide bonds. The van der Waals surface area contributed by atoms with Gasteiger partial charge in [-0.2, -0.15) is 0 Å². The topological polar surface area (TPSA) is 107 Å². The molecule has 144 valence electrons. The molecule has 2 fully saturated rings. The number of carboxylic acid groups (broad SMARTS) is 1. The Bertz CT molecular complexity index is 1000. The SMILES string of the molecule is Cc1ccccc1N1C(=O)C2C(c3ccccc3O)NC(C)(C(=O)O)C2C1=O. The van der Waals surface area contributed by atoms with Crippen LogP contribution in [0.4, 0.5) is 5.69 Å². The summed E-state index contributed by atoms with van der Waals surface area (Å²) in [5.74, 6) is -4.28. The van der Waals surface area contributed by atoms with Gasteiger partial charge in [-0.3, -0.25) is 19.7 Å². The highest BCUT2D eigenvalue weighted by Crippen LogP contribution is 2.51. The molecule has 2 saturated heterocycles. The number of aromatic hydroxyl groups is 1. The fourth-order valence-corrected chi connectivity index (χ4v) is 4.40. The lowest BCUT2D eigenvalue weighted by Gasteiger charge is -2.28. The van der Waals surface area contributed by atoms with Crippen LogP contribution in [0.15, 0.2) is 48.5 Å². The number of carbonyl (C=O) groups is 3. The number of aryl methyl sites for hydroxylation is 1. The first kappa shape index (κ1) is 18.2. The normalized spacial score (nSPS) is 29.2. The zero-order valence-electron chi connectivity index (χ0n) is 15.4. The van der Waals surface area contributed by atoms with Gasteiger partial charge in [-0.25, -0.2) is 4.90 Å². The van der Waals surface area contributed by atoms with Gasteiger partial charge in [-0.15, -0.1) is 0 Å². The summed E-state index contributed by atoms with van der Waals surface area (Å²) in [6.45, 7) is 3.21. The number of phenolic OH excluding ortho intramolecular Hbond substituents is 1. The Morgan fingerprint density at radius 2 is 1.71 bits per heavy atom. The number of nitrogens with one attached hydrogen (secondary N) is 1. The molecule has 2 aromatic rings. The Balaban J connectivity index is 1.87. The number of hydrogen-bond acceptors (Lipinski definition) is 5. The Morgan fingerprint density at radius 1 is 1.07 bits per heavy atom. The molecule has 3 N–H and O–H groups in total. The summed E-state index contributed by atoms with van der Waals surface area (Å²) in [7, 11) is 0. The number of amides is 2. The van der Waals surface area contributed by atoms with Gasteiger partial charge in [0.15, 0.2) is 0 Å². The second-order valence-electron chi connectivity index (χ2n) is 7.49. The first-order valence-electron chi connectivity index (χ1n) is 9.00. The molecule has 0 aliphatic carbocycles. The van der Waals surface area contributed by atoms with Crippen LogP contribution in [0.1, 0.15) is 24.1 Å². The minimum Gasteiger partial charge on any atom is -0.508 e. The van der Waals surface area contributed by atoms with Crippen LogP contribution in [0.5, 0.6) is 5.75 Å². The van der Waals surface area contributed by atoms with Crippen molar-refractivity contribution in [2.24, 2.45) is 11.8 Å². The van der Waals surface area contributed by atoms with Gasteiger partial charge >= 0.3 is 5.97 Å². The highest BCUT2D eigenvalue weighted by Gasteiger charge is 2.67. The second-order valence-corrected chi connectivity index (χ2v) is 7.49. The number of rotatable bonds is 3. The van der Waals surface area contributed by atoms with E-state index >= 15 is 0 Å². The third-order valence-corrected chi connectivity index (χ3v) is 5.86. The predicted molar refractivity (Wildman–Crippen MR) is 101 cm³/mol. The van der Waals surface area contributed by atoms with Gasteiger partial charge in [-0.05, 0) is 31.5 Å². The van der Waals surface area contributed by atoms with Gasteiger partial charge in [0.2, 0.25) is 11.8 Å². The minimum atomic E-state index is -1.64. The lowest BCUT2D eigenvalue weighted by molar-refractivity contribution is -0.147. The molecule has 0 spiro atoms. The molecule has 2 heterocycles. The second kappa shape index (κ2) is 6.17. The van der Waals surface area contributed by atoms with E-state index in [4.69, 9.17) is 0 Å². The van der Waals surface area contributed by atoms with Gasteiger partial charge in [0.05, 0.1) is 17.5 Å². The van der Waals surface area contributed by atoms with E-state index in [1.54, 1.807) is 49.4 Å². The molecule has 0 saturated carbocycles. The Labute approximate surface area is 161 Å². The Hall–Kier alpha value is -3.19. The number of fused-ring (bicyclic) bond motifs is 1. The van der Waals surface area contributed by atoms with Crippen LogP contribution in [-0.2, 0) is 14.4 Å². The third kappa shape index (κ3) is 2.36. The quantitative estimate of drug-likeness (QED) is 0.703. The molecule has 4 unspecified atom stereocenters. The van der Waals surface area contributed by atoms with E-state index in [1.165, 1.54) is 13.0 Å². The van der Waals surface area contributed by atoms with Gasteiger partial charge in [-0.1, -0.05) is 36.4 Å². The smallest absolute Gasteiger partial charge is 0.324 e. The van der Waals surface area contributed by atoms with Crippen LogP contribution >= 0.6 is 0 Å².